The van der Waals surface area contributed by atoms with Crippen molar-refractivity contribution >= 4 is 0 Å². The van der Waals surface area contributed by atoms with Crippen molar-refractivity contribution < 1.29 is 4.39 Å². The second-order valence-corrected chi connectivity index (χ2v) is 3.25. The number of rotatable bonds is 3. The Kier molecular flexibility index (Phi) is 3.61. The molecular weight excluding hydrogens is 179 g/mol. The Morgan fingerprint density at radius 2 is 2.29 bits per heavy atom. The lowest BCUT2D eigenvalue weighted by Crippen LogP contribution is -2.10. The minimum Gasteiger partial charge on any atom is -0.324 e. The molecule has 0 aliphatic rings. The molecule has 0 aliphatic heterocycles. The van der Waals surface area contributed by atoms with Crippen LogP contribution in [-0.4, -0.2) is 0 Å². The molecule has 1 aromatic rings. The summed E-state index contributed by atoms with van der Waals surface area (Å²) in [6.45, 7) is 2.03. The van der Waals surface area contributed by atoms with Crippen molar-refractivity contribution in [1.29, 1.82) is 5.26 Å². The van der Waals surface area contributed by atoms with Gasteiger partial charge in [0, 0.05) is 6.04 Å². The molecule has 0 aromatic heterocycles. The molecule has 1 rings (SSSR count). The summed E-state index contributed by atoms with van der Waals surface area (Å²) in [6, 6.07) is 6.17. The molecule has 1 atom stereocenters. The smallest absolute Gasteiger partial charge is 0.141 e. The third-order valence-corrected chi connectivity index (χ3v) is 2.14. The minimum absolute atomic E-state index is 0.0671. The number of hydrogen-bond acceptors (Lipinski definition) is 2. The molecule has 14 heavy (non-hydrogen) atoms. The van der Waals surface area contributed by atoms with Crippen LogP contribution in [0.2, 0.25) is 0 Å². The van der Waals surface area contributed by atoms with Gasteiger partial charge in [-0.15, -0.1) is 0 Å². The lowest BCUT2D eigenvalue weighted by Gasteiger charge is -2.10. The zero-order chi connectivity index (χ0) is 10.6. The first-order valence-corrected chi connectivity index (χ1v) is 4.64. The van der Waals surface area contributed by atoms with Crippen molar-refractivity contribution in [1.82, 2.24) is 0 Å². The predicted octanol–water partition coefficient (Wildman–Crippen LogP) is 2.50. The quantitative estimate of drug-likeness (QED) is 0.799. The molecule has 0 unspecified atom stereocenters. The van der Waals surface area contributed by atoms with Gasteiger partial charge in [0.15, 0.2) is 0 Å². The van der Waals surface area contributed by atoms with Crippen LogP contribution in [0.4, 0.5) is 4.39 Å². The molecule has 0 saturated heterocycles. The first-order chi connectivity index (χ1) is 6.69. The lowest BCUT2D eigenvalue weighted by molar-refractivity contribution is 0.602. The van der Waals surface area contributed by atoms with Gasteiger partial charge in [-0.1, -0.05) is 19.4 Å². The highest BCUT2D eigenvalue weighted by Crippen LogP contribution is 2.18. The molecule has 2 N–H and O–H groups in total. The summed E-state index contributed by atoms with van der Waals surface area (Å²) >= 11 is 0. The zero-order valence-electron chi connectivity index (χ0n) is 8.13. The molecule has 0 amide bonds. The van der Waals surface area contributed by atoms with Crippen LogP contribution in [0, 0.1) is 17.1 Å². The molecular formula is C11H13FN2. The van der Waals surface area contributed by atoms with Gasteiger partial charge in [0.05, 0.1) is 5.56 Å². The van der Waals surface area contributed by atoms with Gasteiger partial charge >= 0.3 is 0 Å². The first-order valence-electron chi connectivity index (χ1n) is 4.64. The van der Waals surface area contributed by atoms with Crippen molar-refractivity contribution in [2.75, 3.05) is 0 Å². The highest BCUT2D eigenvalue weighted by molar-refractivity contribution is 5.34. The van der Waals surface area contributed by atoms with Crippen molar-refractivity contribution in [2.45, 2.75) is 25.8 Å². The van der Waals surface area contributed by atoms with Crippen LogP contribution in [0.1, 0.15) is 36.9 Å². The van der Waals surface area contributed by atoms with E-state index in [1.165, 1.54) is 12.1 Å². The maximum atomic E-state index is 13.2. The maximum absolute atomic E-state index is 13.2. The molecule has 0 saturated carbocycles. The van der Waals surface area contributed by atoms with Crippen LogP contribution in [0.5, 0.6) is 0 Å². The van der Waals surface area contributed by atoms with Gasteiger partial charge in [-0.05, 0) is 24.1 Å². The monoisotopic (exact) mass is 192 g/mol. The second-order valence-electron chi connectivity index (χ2n) is 3.25. The van der Waals surface area contributed by atoms with Crippen molar-refractivity contribution in [3.8, 4) is 6.07 Å². The number of nitrogens with zero attached hydrogens (tertiary/aromatic N) is 1. The number of nitriles is 1. The van der Waals surface area contributed by atoms with E-state index in [2.05, 4.69) is 0 Å². The third kappa shape index (κ3) is 2.30. The summed E-state index contributed by atoms with van der Waals surface area (Å²) < 4.78 is 13.2. The number of nitrogens with two attached hydrogens (primary N) is 1. The molecule has 74 valence electrons. The fourth-order valence-corrected chi connectivity index (χ4v) is 1.33. The number of hydrogen-bond donors (Lipinski definition) is 1. The Morgan fingerprint density at radius 3 is 2.79 bits per heavy atom. The van der Waals surface area contributed by atoms with E-state index in [1.54, 1.807) is 12.1 Å². The van der Waals surface area contributed by atoms with Crippen LogP contribution >= 0.6 is 0 Å². The van der Waals surface area contributed by atoms with E-state index in [0.29, 0.717) is 0 Å². The largest absolute Gasteiger partial charge is 0.324 e. The Bertz CT molecular complexity index is 355. The van der Waals surface area contributed by atoms with E-state index in [4.69, 9.17) is 11.0 Å². The van der Waals surface area contributed by atoms with Gasteiger partial charge in [0.1, 0.15) is 11.9 Å². The normalized spacial score (nSPS) is 12.1. The van der Waals surface area contributed by atoms with Crippen molar-refractivity contribution in [3.63, 3.8) is 0 Å². The summed E-state index contributed by atoms with van der Waals surface area (Å²) in [7, 11) is 0. The van der Waals surface area contributed by atoms with Gasteiger partial charge in [0.2, 0.25) is 0 Å². The van der Waals surface area contributed by atoms with Gasteiger partial charge < -0.3 is 5.73 Å². The Hall–Kier alpha value is -1.40. The number of benzene rings is 1. The van der Waals surface area contributed by atoms with Gasteiger partial charge in [0.25, 0.3) is 0 Å². The lowest BCUT2D eigenvalue weighted by atomic mass is 10.0. The van der Waals surface area contributed by atoms with Crippen LogP contribution in [0.15, 0.2) is 18.2 Å². The molecule has 0 heterocycles. The predicted molar refractivity (Wildman–Crippen MR) is 53.0 cm³/mol. The van der Waals surface area contributed by atoms with E-state index in [1.807, 2.05) is 6.92 Å². The van der Waals surface area contributed by atoms with Crippen molar-refractivity contribution in [2.24, 2.45) is 5.73 Å². The van der Waals surface area contributed by atoms with Gasteiger partial charge in [-0.3, -0.25) is 0 Å². The molecule has 1 aromatic carbocycles. The standard InChI is InChI=1S/C11H13FN2/c1-2-3-11(14)8-4-5-9(7-13)10(12)6-8/h4-6,11H,2-3,14H2,1H3/t11-/m0/s1. The fraction of sp³-hybridized carbons (Fsp3) is 0.364. The van der Waals surface area contributed by atoms with Crippen LogP contribution in [-0.2, 0) is 0 Å². The highest BCUT2D eigenvalue weighted by Gasteiger charge is 2.08. The summed E-state index contributed by atoms with van der Waals surface area (Å²) in [5.41, 5.74) is 6.64. The minimum atomic E-state index is -0.489. The van der Waals surface area contributed by atoms with E-state index >= 15 is 0 Å². The van der Waals surface area contributed by atoms with Crippen molar-refractivity contribution in [3.05, 3.63) is 35.1 Å². The van der Waals surface area contributed by atoms with E-state index in [9.17, 15) is 4.39 Å². The molecule has 0 radical (unpaired) electrons. The average Bonchev–Trinajstić information content (AvgIpc) is 2.18. The Labute approximate surface area is 83.2 Å². The zero-order valence-corrected chi connectivity index (χ0v) is 8.13. The van der Waals surface area contributed by atoms with Crippen LogP contribution < -0.4 is 5.73 Å². The molecule has 0 aliphatic carbocycles. The topological polar surface area (TPSA) is 49.8 Å². The molecule has 0 bridgehead atoms. The van der Waals surface area contributed by atoms with E-state index in [-0.39, 0.29) is 11.6 Å². The van der Waals surface area contributed by atoms with Crippen LogP contribution in [0.25, 0.3) is 0 Å². The first kappa shape index (κ1) is 10.7. The Balaban J connectivity index is 2.92. The molecule has 2 nitrogen and oxygen atoms in total. The van der Waals surface area contributed by atoms with E-state index < -0.39 is 5.82 Å². The van der Waals surface area contributed by atoms with Crippen LogP contribution in [0.3, 0.4) is 0 Å². The summed E-state index contributed by atoms with van der Waals surface area (Å²) in [6.07, 6.45) is 1.79. The molecule has 0 fully saturated rings. The van der Waals surface area contributed by atoms with Gasteiger partial charge in [-0.2, -0.15) is 5.26 Å². The third-order valence-electron chi connectivity index (χ3n) is 2.14. The molecule has 0 spiro atoms. The van der Waals surface area contributed by atoms with E-state index in [0.717, 1.165) is 18.4 Å². The average molecular weight is 192 g/mol. The Morgan fingerprint density at radius 1 is 1.57 bits per heavy atom. The SMILES string of the molecule is CCC[C@H](N)c1ccc(C#N)c(F)c1. The number of halogens is 1. The summed E-state index contributed by atoms with van der Waals surface area (Å²) in [5.74, 6) is -0.489. The van der Waals surface area contributed by atoms with Gasteiger partial charge in [-0.25, -0.2) is 4.39 Å². The maximum Gasteiger partial charge on any atom is 0.141 e. The summed E-state index contributed by atoms with van der Waals surface area (Å²) in [4.78, 5) is 0. The molecule has 3 heteroatoms. The highest BCUT2D eigenvalue weighted by atomic mass is 19.1. The second kappa shape index (κ2) is 4.73. The fourth-order valence-electron chi connectivity index (χ4n) is 1.33. The summed E-state index contributed by atoms with van der Waals surface area (Å²) in [5, 5.41) is 8.53.